The molecule has 0 amide bonds. The Bertz CT molecular complexity index is 696. The minimum Gasteiger partial charge on any atom is -0.495 e. The molecule has 0 N–H and O–H groups in total. The summed E-state index contributed by atoms with van der Waals surface area (Å²) in [5.41, 5.74) is 2.99. The second kappa shape index (κ2) is 9.13. The van der Waals surface area contributed by atoms with Crippen LogP contribution >= 0.6 is 27.3 Å². The predicted molar refractivity (Wildman–Crippen MR) is 105 cm³/mol. The van der Waals surface area contributed by atoms with Gasteiger partial charge in [0.25, 0.3) is 0 Å². The molecular weight excluding hydrogens is 388 g/mol. The van der Waals surface area contributed by atoms with Crippen LogP contribution in [0.5, 0.6) is 5.75 Å². The van der Waals surface area contributed by atoms with Crippen LogP contribution in [0.3, 0.4) is 0 Å². The van der Waals surface area contributed by atoms with Crippen LogP contribution in [-0.4, -0.2) is 25.2 Å². The predicted octanol–water partition coefficient (Wildman–Crippen LogP) is 6.26. The molecular formula is C17H23BrN4OS. The smallest absolute Gasteiger partial charge is 0.230 e. The molecule has 0 unspecified atom stereocenters. The first kappa shape index (κ1) is 18.9. The van der Waals surface area contributed by atoms with E-state index in [1.54, 1.807) is 13.3 Å². The van der Waals surface area contributed by atoms with Gasteiger partial charge >= 0.3 is 0 Å². The minimum absolute atomic E-state index is 0.628. The molecule has 130 valence electrons. The molecule has 24 heavy (non-hydrogen) atoms. The highest BCUT2D eigenvalue weighted by Crippen LogP contribution is 2.36. The standard InChI is InChI=1S/C17H23BrN4OS/c1-5-7-22(8-6-2)14-9-12(3)13(10-15(14)23-4)20-21-17-19-11-16(18)24-17/h9-11H,5-8H2,1-4H3. The Balaban J connectivity index is 2.33. The third-order valence-electron chi connectivity index (χ3n) is 3.53. The summed E-state index contributed by atoms with van der Waals surface area (Å²) in [5, 5.41) is 9.19. The zero-order valence-electron chi connectivity index (χ0n) is 14.5. The summed E-state index contributed by atoms with van der Waals surface area (Å²) < 4.78 is 6.55. The Morgan fingerprint density at radius 3 is 2.46 bits per heavy atom. The van der Waals surface area contributed by atoms with Crippen molar-refractivity contribution in [3.8, 4) is 5.75 Å². The molecule has 1 aromatic heterocycles. The van der Waals surface area contributed by atoms with Gasteiger partial charge in [0.05, 0.1) is 28.5 Å². The molecule has 0 aliphatic rings. The number of benzene rings is 1. The van der Waals surface area contributed by atoms with Gasteiger partial charge in [0, 0.05) is 19.2 Å². The van der Waals surface area contributed by atoms with Crippen LogP contribution in [0.15, 0.2) is 32.3 Å². The second-order valence-electron chi connectivity index (χ2n) is 5.44. The molecule has 2 rings (SSSR count). The van der Waals surface area contributed by atoms with Crippen molar-refractivity contribution in [1.29, 1.82) is 0 Å². The summed E-state index contributed by atoms with van der Waals surface area (Å²) in [6.07, 6.45) is 3.92. The van der Waals surface area contributed by atoms with E-state index in [9.17, 15) is 0 Å². The van der Waals surface area contributed by atoms with Crippen LogP contribution < -0.4 is 9.64 Å². The number of methoxy groups -OCH3 is 1. The van der Waals surface area contributed by atoms with Crippen LogP contribution in [0.4, 0.5) is 16.5 Å². The van der Waals surface area contributed by atoms with Crippen LogP contribution in [0.2, 0.25) is 0 Å². The fourth-order valence-corrected chi connectivity index (χ4v) is 3.47. The van der Waals surface area contributed by atoms with E-state index in [0.29, 0.717) is 5.13 Å². The van der Waals surface area contributed by atoms with Crippen LogP contribution in [-0.2, 0) is 0 Å². The molecule has 1 aromatic carbocycles. The molecule has 0 radical (unpaired) electrons. The lowest BCUT2D eigenvalue weighted by Gasteiger charge is -2.26. The first-order chi connectivity index (χ1) is 11.6. The molecule has 5 nitrogen and oxygen atoms in total. The van der Waals surface area contributed by atoms with Gasteiger partial charge in [-0.2, -0.15) is 0 Å². The number of thiazole rings is 1. The topological polar surface area (TPSA) is 50.1 Å². The van der Waals surface area contributed by atoms with Crippen molar-refractivity contribution >= 4 is 43.8 Å². The maximum absolute atomic E-state index is 5.61. The number of halogens is 1. The first-order valence-corrected chi connectivity index (χ1v) is 9.66. The first-order valence-electron chi connectivity index (χ1n) is 8.05. The van der Waals surface area contributed by atoms with Gasteiger partial charge in [-0.1, -0.05) is 25.2 Å². The maximum atomic E-state index is 5.61. The molecule has 7 heteroatoms. The van der Waals surface area contributed by atoms with Crippen molar-refractivity contribution in [2.45, 2.75) is 33.6 Å². The molecule has 0 fully saturated rings. The van der Waals surface area contributed by atoms with Crippen molar-refractivity contribution in [2.24, 2.45) is 10.2 Å². The average Bonchev–Trinajstić information content (AvgIpc) is 2.98. The highest BCUT2D eigenvalue weighted by atomic mass is 79.9. The lowest BCUT2D eigenvalue weighted by atomic mass is 10.1. The Hall–Kier alpha value is -1.47. The molecule has 0 saturated carbocycles. The van der Waals surface area contributed by atoms with Crippen LogP contribution in [0, 0.1) is 6.92 Å². The van der Waals surface area contributed by atoms with Gasteiger partial charge in [0.2, 0.25) is 5.13 Å². The number of aryl methyl sites for hydroxylation is 1. The minimum atomic E-state index is 0.628. The van der Waals surface area contributed by atoms with E-state index < -0.39 is 0 Å². The summed E-state index contributed by atoms with van der Waals surface area (Å²) in [4.78, 5) is 6.54. The van der Waals surface area contributed by atoms with Crippen LogP contribution in [0.1, 0.15) is 32.3 Å². The fourth-order valence-electron chi connectivity index (χ4n) is 2.46. The second-order valence-corrected chi connectivity index (χ2v) is 7.83. The van der Waals surface area contributed by atoms with Crippen molar-refractivity contribution in [3.05, 3.63) is 27.7 Å². The van der Waals surface area contributed by atoms with E-state index in [2.05, 4.69) is 56.0 Å². The quantitative estimate of drug-likeness (QED) is 0.482. The zero-order chi connectivity index (χ0) is 17.5. The van der Waals surface area contributed by atoms with E-state index in [0.717, 1.165) is 52.4 Å². The lowest BCUT2D eigenvalue weighted by Crippen LogP contribution is -2.25. The molecule has 0 saturated heterocycles. The number of hydrogen-bond donors (Lipinski definition) is 0. The third kappa shape index (κ3) is 4.77. The lowest BCUT2D eigenvalue weighted by molar-refractivity contribution is 0.414. The van der Waals surface area contributed by atoms with Gasteiger partial charge in [-0.25, -0.2) is 4.98 Å². The van der Waals surface area contributed by atoms with Crippen molar-refractivity contribution in [2.75, 3.05) is 25.1 Å². The SMILES string of the molecule is CCCN(CCC)c1cc(C)c(N=Nc2ncc(Br)s2)cc1OC. The molecule has 0 atom stereocenters. The summed E-state index contributed by atoms with van der Waals surface area (Å²) >= 11 is 4.83. The molecule has 0 bridgehead atoms. The summed E-state index contributed by atoms with van der Waals surface area (Å²) in [7, 11) is 1.70. The van der Waals surface area contributed by atoms with Gasteiger partial charge in [-0.15, -0.1) is 10.2 Å². The monoisotopic (exact) mass is 410 g/mol. The van der Waals surface area contributed by atoms with Crippen molar-refractivity contribution in [1.82, 2.24) is 4.98 Å². The fraction of sp³-hybridized carbons (Fsp3) is 0.471. The van der Waals surface area contributed by atoms with Crippen molar-refractivity contribution < 1.29 is 4.74 Å². The number of aromatic nitrogens is 1. The average molecular weight is 411 g/mol. The summed E-state index contributed by atoms with van der Waals surface area (Å²) in [6, 6.07) is 4.09. The van der Waals surface area contributed by atoms with E-state index in [1.807, 2.05) is 13.0 Å². The number of ether oxygens (including phenoxy) is 1. The van der Waals surface area contributed by atoms with Gasteiger partial charge in [0.1, 0.15) is 5.75 Å². The number of hydrogen-bond acceptors (Lipinski definition) is 6. The Morgan fingerprint density at radius 2 is 1.92 bits per heavy atom. The summed E-state index contributed by atoms with van der Waals surface area (Å²) in [5.74, 6) is 0.830. The number of azo groups is 1. The van der Waals surface area contributed by atoms with Crippen molar-refractivity contribution in [3.63, 3.8) is 0 Å². The van der Waals surface area contributed by atoms with E-state index in [4.69, 9.17) is 4.74 Å². The van der Waals surface area contributed by atoms with Gasteiger partial charge < -0.3 is 9.64 Å². The van der Waals surface area contributed by atoms with E-state index in [1.165, 1.54) is 11.3 Å². The number of anilines is 1. The van der Waals surface area contributed by atoms with E-state index in [-0.39, 0.29) is 0 Å². The number of nitrogens with zero attached hydrogens (tertiary/aromatic N) is 4. The molecule has 0 aliphatic carbocycles. The van der Waals surface area contributed by atoms with Crippen LogP contribution in [0.25, 0.3) is 0 Å². The zero-order valence-corrected chi connectivity index (χ0v) is 16.9. The van der Waals surface area contributed by atoms with Gasteiger partial charge in [-0.3, -0.25) is 0 Å². The maximum Gasteiger partial charge on any atom is 0.230 e. The highest BCUT2D eigenvalue weighted by molar-refractivity contribution is 9.11. The highest BCUT2D eigenvalue weighted by Gasteiger charge is 2.14. The Kier molecular flexibility index (Phi) is 7.17. The normalized spacial score (nSPS) is 11.2. The molecule has 0 spiro atoms. The molecule has 0 aliphatic heterocycles. The Morgan fingerprint density at radius 1 is 1.21 bits per heavy atom. The Labute approximate surface area is 155 Å². The largest absolute Gasteiger partial charge is 0.495 e. The number of rotatable bonds is 8. The van der Waals surface area contributed by atoms with Gasteiger partial charge in [0.15, 0.2) is 0 Å². The third-order valence-corrected chi connectivity index (χ3v) is 4.89. The van der Waals surface area contributed by atoms with E-state index >= 15 is 0 Å². The van der Waals surface area contributed by atoms with Gasteiger partial charge in [-0.05, 0) is 47.3 Å². The molecule has 2 aromatic rings. The summed E-state index contributed by atoms with van der Waals surface area (Å²) in [6.45, 7) is 8.45. The molecule has 1 heterocycles.